The minimum absolute atomic E-state index is 0.201. The lowest BCUT2D eigenvalue weighted by Crippen LogP contribution is -2.49. The lowest BCUT2D eigenvalue weighted by Gasteiger charge is -2.36. The van der Waals surface area contributed by atoms with Crippen LogP contribution < -0.4 is 9.80 Å². The highest BCUT2D eigenvalue weighted by molar-refractivity contribution is 5.79. The van der Waals surface area contributed by atoms with E-state index in [0.717, 1.165) is 69.6 Å². The van der Waals surface area contributed by atoms with Crippen molar-refractivity contribution < 1.29 is 4.79 Å². The lowest BCUT2D eigenvalue weighted by molar-refractivity contribution is -0.130. The van der Waals surface area contributed by atoms with Crippen LogP contribution in [0.4, 0.5) is 11.6 Å². The predicted octanol–water partition coefficient (Wildman–Crippen LogP) is 1.12. The highest BCUT2D eigenvalue weighted by Crippen LogP contribution is 2.20. The molecule has 3 heterocycles. The smallest absolute Gasteiger partial charge is 0.227 e. The van der Waals surface area contributed by atoms with Gasteiger partial charge in [0, 0.05) is 58.4 Å². The first-order valence-electron chi connectivity index (χ1n) is 10.0. The first-order chi connectivity index (χ1) is 13.7. The van der Waals surface area contributed by atoms with E-state index >= 15 is 0 Å². The van der Waals surface area contributed by atoms with Gasteiger partial charge >= 0.3 is 0 Å². The van der Waals surface area contributed by atoms with Crippen molar-refractivity contribution in [2.24, 2.45) is 0 Å². The van der Waals surface area contributed by atoms with Crippen LogP contribution in [-0.4, -0.2) is 85.1 Å². The molecule has 0 spiro atoms. The number of carbonyl (C=O) groups excluding carboxylic acids is 1. The molecule has 7 nitrogen and oxygen atoms in total. The molecular formula is C21H28N6O. The molecule has 1 amide bonds. The number of hydrogen-bond donors (Lipinski definition) is 0. The van der Waals surface area contributed by atoms with Crippen molar-refractivity contribution in [2.75, 3.05) is 69.2 Å². The van der Waals surface area contributed by atoms with E-state index in [1.165, 1.54) is 0 Å². The Morgan fingerprint density at radius 1 is 0.857 bits per heavy atom. The van der Waals surface area contributed by atoms with Crippen molar-refractivity contribution in [1.29, 1.82) is 0 Å². The molecule has 1 aromatic heterocycles. The number of hydrogen-bond acceptors (Lipinski definition) is 6. The molecular weight excluding hydrogens is 352 g/mol. The number of rotatable bonds is 4. The third-order valence-electron chi connectivity index (χ3n) is 5.62. The molecule has 0 aliphatic carbocycles. The van der Waals surface area contributed by atoms with Crippen LogP contribution >= 0.6 is 0 Å². The van der Waals surface area contributed by atoms with Gasteiger partial charge in [0.2, 0.25) is 5.91 Å². The van der Waals surface area contributed by atoms with E-state index < -0.39 is 0 Å². The Morgan fingerprint density at radius 2 is 1.43 bits per heavy atom. The van der Waals surface area contributed by atoms with E-state index in [1.54, 1.807) is 6.33 Å². The quantitative estimate of drug-likeness (QED) is 0.792. The van der Waals surface area contributed by atoms with Crippen LogP contribution in [0.5, 0.6) is 0 Å². The summed E-state index contributed by atoms with van der Waals surface area (Å²) in [5.74, 6) is 2.16. The third kappa shape index (κ3) is 4.42. The Labute approximate surface area is 166 Å². The molecule has 2 aliphatic rings. The van der Waals surface area contributed by atoms with Crippen LogP contribution in [0.3, 0.4) is 0 Å². The van der Waals surface area contributed by atoms with E-state index in [9.17, 15) is 4.79 Å². The lowest BCUT2D eigenvalue weighted by atomic mass is 10.1. The maximum Gasteiger partial charge on any atom is 0.227 e. The zero-order valence-corrected chi connectivity index (χ0v) is 16.5. The number of likely N-dealkylation sites (N-methyl/N-ethyl adjacent to an activating group) is 1. The Morgan fingerprint density at radius 3 is 2.04 bits per heavy atom. The van der Waals surface area contributed by atoms with Crippen molar-refractivity contribution >= 4 is 17.5 Å². The minimum atomic E-state index is 0.201. The Hall–Kier alpha value is -2.67. The molecule has 2 fully saturated rings. The first-order valence-corrected chi connectivity index (χ1v) is 10.0. The van der Waals surface area contributed by atoms with Crippen LogP contribution in [-0.2, 0) is 11.2 Å². The standard InChI is InChI=1S/C21H28N6O/c1-24-7-9-25(10-8-24)19-16-20(23-17-22-19)26-11-13-27(14-12-26)21(28)15-18-5-3-2-4-6-18/h2-6,16-17H,7-15H2,1H3. The van der Waals surface area contributed by atoms with Gasteiger partial charge in [-0.1, -0.05) is 30.3 Å². The molecule has 2 aliphatic heterocycles. The number of benzene rings is 1. The van der Waals surface area contributed by atoms with E-state index in [4.69, 9.17) is 0 Å². The predicted molar refractivity (Wildman–Crippen MR) is 111 cm³/mol. The van der Waals surface area contributed by atoms with Crippen LogP contribution in [0.25, 0.3) is 0 Å². The van der Waals surface area contributed by atoms with Gasteiger partial charge in [0.1, 0.15) is 18.0 Å². The minimum Gasteiger partial charge on any atom is -0.354 e. The largest absolute Gasteiger partial charge is 0.354 e. The van der Waals surface area contributed by atoms with Gasteiger partial charge in [-0.2, -0.15) is 0 Å². The maximum atomic E-state index is 12.6. The monoisotopic (exact) mass is 380 g/mol. The summed E-state index contributed by atoms with van der Waals surface area (Å²) in [5.41, 5.74) is 1.07. The normalized spacial score (nSPS) is 18.4. The van der Waals surface area contributed by atoms with Gasteiger partial charge in [-0.05, 0) is 12.6 Å². The van der Waals surface area contributed by atoms with Crippen LogP contribution in [0.2, 0.25) is 0 Å². The van der Waals surface area contributed by atoms with E-state index in [-0.39, 0.29) is 5.91 Å². The Bertz CT molecular complexity index is 782. The molecule has 0 N–H and O–H groups in total. The van der Waals surface area contributed by atoms with Gasteiger partial charge in [-0.15, -0.1) is 0 Å². The summed E-state index contributed by atoms with van der Waals surface area (Å²) in [6.45, 7) is 7.19. The summed E-state index contributed by atoms with van der Waals surface area (Å²) < 4.78 is 0. The maximum absolute atomic E-state index is 12.6. The molecule has 2 saturated heterocycles. The molecule has 0 bridgehead atoms. The molecule has 28 heavy (non-hydrogen) atoms. The number of piperazine rings is 2. The molecule has 0 radical (unpaired) electrons. The molecule has 7 heteroatoms. The fourth-order valence-electron chi connectivity index (χ4n) is 3.79. The van der Waals surface area contributed by atoms with Crippen molar-refractivity contribution in [2.45, 2.75) is 6.42 Å². The van der Waals surface area contributed by atoms with Crippen molar-refractivity contribution in [3.05, 3.63) is 48.3 Å². The van der Waals surface area contributed by atoms with E-state index in [2.05, 4.69) is 37.8 Å². The van der Waals surface area contributed by atoms with E-state index in [1.807, 2.05) is 35.2 Å². The summed E-state index contributed by atoms with van der Waals surface area (Å²) in [6, 6.07) is 12.0. The molecule has 0 unspecified atom stereocenters. The van der Waals surface area contributed by atoms with Gasteiger partial charge < -0.3 is 19.6 Å². The Kier molecular flexibility index (Phi) is 5.71. The molecule has 2 aromatic rings. The number of aromatic nitrogens is 2. The van der Waals surface area contributed by atoms with Gasteiger partial charge in [-0.3, -0.25) is 4.79 Å². The highest BCUT2D eigenvalue weighted by Gasteiger charge is 2.23. The van der Waals surface area contributed by atoms with Crippen LogP contribution in [0.15, 0.2) is 42.7 Å². The zero-order chi connectivity index (χ0) is 19.3. The van der Waals surface area contributed by atoms with Gasteiger partial charge in [0.25, 0.3) is 0 Å². The van der Waals surface area contributed by atoms with Crippen molar-refractivity contribution in [3.8, 4) is 0 Å². The number of amides is 1. The topological polar surface area (TPSA) is 55.8 Å². The second-order valence-corrected chi connectivity index (χ2v) is 7.55. The summed E-state index contributed by atoms with van der Waals surface area (Å²) >= 11 is 0. The SMILES string of the molecule is CN1CCN(c2cc(N3CCN(C(=O)Cc4ccccc4)CC3)ncn2)CC1. The average Bonchev–Trinajstić information content (AvgIpc) is 2.75. The average molecular weight is 380 g/mol. The summed E-state index contributed by atoms with van der Waals surface area (Å²) in [7, 11) is 2.15. The second kappa shape index (κ2) is 8.56. The fraction of sp³-hybridized carbons (Fsp3) is 0.476. The van der Waals surface area contributed by atoms with Crippen LogP contribution in [0, 0.1) is 0 Å². The molecule has 4 rings (SSSR count). The molecule has 0 saturated carbocycles. The number of anilines is 2. The first kappa shape index (κ1) is 18.7. The van der Waals surface area contributed by atoms with Gasteiger partial charge in [0.15, 0.2) is 0 Å². The fourth-order valence-corrected chi connectivity index (χ4v) is 3.79. The van der Waals surface area contributed by atoms with E-state index in [0.29, 0.717) is 6.42 Å². The summed E-state index contributed by atoms with van der Waals surface area (Å²) in [6.07, 6.45) is 2.14. The molecule has 1 aromatic carbocycles. The summed E-state index contributed by atoms with van der Waals surface area (Å²) in [5, 5.41) is 0. The second-order valence-electron chi connectivity index (χ2n) is 7.55. The molecule has 148 valence electrons. The van der Waals surface area contributed by atoms with Gasteiger partial charge in [-0.25, -0.2) is 9.97 Å². The molecule has 0 atom stereocenters. The Balaban J connectivity index is 1.33. The van der Waals surface area contributed by atoms with Crippen molar-refractivity contribution in [1.82, 2.24) is 19.8 Å². The third-order valence-corrected chi connectivity index (χ3v) is 5.62. The highest BCUT2D eigenvalue weighted by atomic mass is 16.2. The number of carbonyl (C=O) groups is 1. The zero-order valence-electron chi connectivity index (χ0n) is 16.5. The number of nitrogens with zero attached hydrogens (tertiary/aromatic N) is 6. The summed E-state index contributed by atoms with van der Waals surface area (Å²) in [4.78, 5) is 30.4. The van der Waals surface area contributed by atoms with Gasteiger partial charge in [0.05, 0.1) is 6.42 Å². The van der Waals surface area contributed by atoms with Crippen LogP contribution in [0.1, 0.15) is 5.56 Å². The van der Waals surface area contributed by atoms with Crippen molar-refractivity contribution in [3.63, 3.8) is 0 Å².